The highest BCUT2D eigenvalue weighted by Gasteiger charge is 2.35. The second-order valence-electron chi connectivity index (χ2n) is 7.08. The standard InChI is InChI=1S/C20H23FN2O2S/c1-2-23-10-8-17-18-13-16(6-7-19(18)22-20(17)9-11-23)26(24,25)15-5-3-4-14(21)12-15/h3-7,12-13,17,20,22H,2,8-11H2,1H3/t17-,20?/m0/s1. The fraction of sp³-hybridized carbons (Fsp3) is 0.400. The third kappa shape index (κ3) is 3.01. The molecule has 2 aliphatic heterocycles. The smallest absolute Gasteiger partial charge is 0.206 e. The number of likely N-dealkylation sites (tertiary alicyclic amines) is 1. The second kappa shape index (κ2) is 6.67. The quantitative estimate of drug-likeness (QED) is 0.891. The Balaban J connectivity index is 1.69. The Morgan fingerprint density at radius 3 is 2.65 bits per heavy atom. The van der Waals surface area contributed by atoms with Crippen molar-refractivity contribution in [1.82, 2.24) is 4.90 Å². The molecule has 6 heteroatoms. The van der Waals surface area contributed by atoms with Gasteiger partial charge >= 0.3 is 0 Å². The average molecular weight is 374 g/mol. The predicted molar refractivity (Wildman–Crippen MR) is 99.8 cm³/mol. The molecule has 0 amide bonds. The van der Waals surface area contributed by atoms with Crippen LogP contribution in [-0.2, 0) is 9.84 Å². The summed E-state index contributed by atoms with van der Waals surface area (Å²) in [5, 5.41) is 3.57. The zero-order valence-electron chi connectivity index (χ0n) is 14.8. The Labute approximate surface area is 153 Å². The SMILES string of the molecule is CCN1CCC2Nc3ccc(S(=O)(=O)c4cccc(F)c4)cc3[C@@H]2CC1. The number of benzene rings is 2. The predicted octanol–water partition coefficient (Wildman–Crippen LogP) is 3.65. The Bertz CT molecular complexity index is 929. The summed E-state index contributed by atoms with van der Waals surface area (Å²) in [5.41, 5.74) is 2.11. The number of hydrogen-bond donors (Lipinski definition) is 1. The first-order chi connectivity index (χ1) is 12.5. The van der Waals surface area contributed by atoms with Crippen LogP contribution in [0.4, 0.5) is 10.1 Å². The maximum Gasteiger partial charge on any atom is 0.206 e. The molecular weight excluding hydrogens is 351 g/mol. The van der Waals surface area contributed by atoms with Crippen molar-refractivity contribution in [3.05, 3.63) is 53.8 Å². The molecule has 0 aliphatic carbocycles. The number of nitrogens with zero attached hydrogens (tertiary/aromatic N) is 1. The van der Waals surface area contributed by atoms with Crippen molar-refractivity contribution >= 4 is 15.5 Å². The van der Waals surface area contributed by atoms with E-state index in [1.807, 2.05) is 6.07 Å². The lowest BCUT2D eigenvalue weighted by Gasteiger charge is -2.17. The lowest BCUT2D eigenvalue weighted by atomic mass is 9.91. The van der Waals surface area contributed by atoms with E-state index in [2.05, 4.69) is 17.1 Å². The van der Waals surface area contributed by atoms with Crippen molar-refractivity contribution in [3.8, 4) is 0 Å². The van der Waals surface area contributed by atoms with Crippen LogP contribution in [0.2, 0.25) is 0 Å². The topological polar surface area (TPSA) is 49.4 Å². The minimum atomic E-state index is -3.72. The highest BCUT2D eigenvalue weighted by Crippen LogP contribution is 2.42. The summed E-state index contributed by atoms with van der Waals surface area (Å²) in [6.07, 6.45) is 2.07. The molecule has 4 rings (SSSR count). The van der Waals surface area contributed by atoms with Crippen LogP contribution in [0, 0.1) is 5.82 Å². The van der Waals surface area contributed by atoms with Gasteiger partial charge < -0.3 is 10.2 Å². The molecule has 138 valence electrons. The molecule has 2 aromatic rings. The maximum atomic E-state index is 13.5. The maximum absolute atomic E-state index is 13.5. The van der Waals surface area contributed by atoms with Gasteiger partial charge in [-0.15, -0.1) is 0 Å². The molecule has 4 nitrogen and oxygen atoms in total. The van der Waals surface area contributed by atoms with Crippen LogP contribution >= 0.6 is 0 Å². The van der Waals surface area contributed by atoms with Crippen LogP contribution in [0.15, 0.2) is 52.3 Å². The molecule has 2 atom stereocenters. The Kier molecular flexibility index (Phi) is 4.49. The van der Waals surface area contributed by atoms with E-state index >= 15 is 0 Å². The Morgan fingerprint density at radius 1 is 1.12 bits per heavy atom. The molecule has 0 aromatic heterocycles. The van der Waals surface area contributed by atoms with E-state index in [1.165, 1.54) is 18.2 Å². The first kappa shape index (κ1) is 17.5. The van der Waals surface area contributed by atoms with E-state index in [9.17, 15) is 12.8 Å². The van der Waals surface area contributed by atoms with E-state index in [1.54, 1.807) is 12.1 Å². The van der Waals surface area contributed by atoms with Crippen LogP contribution in [0.3, 0.4) is 0 Å². The van der Waals surface area contributed by atoms with E-state index in [-0.39, 0.29) is 9.79 Å². The molecule has 2 heterocycles. The van der Waals surface area contributed by atoms with Gasteiger partial charge in [-0.2, -0.15) is 0 Å². The zero-order valence-corrected chi connectivity index (χ0v) is 15.6. The Morgan fingerprint density at radius 2 is 1.88 bits per heavy atom. The number of nitrogens with one attached hydrogen (secondary N) is 1. The molecule has 1 fully saturated rings. The Hall–Kier alpha value is -1.92. The molecule has 26 heavy (non-hydrogen) atoms. The molecule has 1 unspecified atom stereocenters. The van der Waals surface area contributed by atoms with E-state index in [0.29, 0.717) is 12.0 Å². The van der Waals surface area contributed by atoms with E-state index in [0.717, 1.165) is 49.8 Å². The largest absolute Gasteiger partial charge is 0.381 e. The van der Waals surface area contributed by atoms with Gasteiger partial charge in [-0.05, 0) is 67.9 Å². The normalized spacial score (nSPS) is 23.0. The molecule has 2 aliphatic rings. The summed E-state index contributed by atoms with van der Waals surface area (Å²) in [4.78, 5) is 2.67. The third-order valence-electron chi connectivity index (χ3n) is 5.63. The summed E-state index contributed by atoms with van der Waals surface area (Å²) in [6.45, 7) is 5.30. The molecular formula is C20H23FN2O2S. The number of anilines is 1. The summed E-state index contributed by atoms with van der Waals surface area (Å²) in [7, 11) is -3.72. The number of rotatable bonds is 3. The molecule has 0 spiro atoms. The second-order valence-corrected chi connectivity index (χ2v) is 9.03. The summed E-state index contributed by atoms with van der Waals surface area (Å²) in [6, 6.07) is 10.8. The lowest BCUT2D eigenvalue weighted by molar-refractivity contribution is 0.298. The fourth-order valence-corrected chi connectivity index (χ4v) is 5.46. The monoisotopic (exact) mass is 374 g/mol. The first-order valence-corrected chi connectivity index (χ1v) is 10.6. The number of halogens is 1. The van der Waals surface area contributed by atoms with Crippen LogP contribution in [0.5, 0.6) is 0 Å². The molecule has 1 N–H and O–H groups in total. The van der Waals surface area contributed by atoms with Gasteiger partial charge in [-0.1, -0.05) is 13.0 Å². The van der Waals surface area contributed by atoms with Crippen molar-refractivity contribution in [2.24, 2.45) is 0 Å². The van der Waals surface area contributed by atoms with Crippen LogP contribution in [0.1, 0.15) is 31.2 Å². The van der Waals surface area contributed by atoms with Crippen LogP contribution < -0.4 is 5.32 Å². The molecule has 2 aromatic carbocycles. The zero-order chi connectivity index (χ0) is 18.3. The summed E-state index contributed by atoms with van der Waals surface area (Å²) in [5.74, 6) is -0.221. The van der Waals surface area contributed by atoms with Gasteiger partial charge in [0.2, 0.25) is 9.84 Å². The minimum absolute atomic E-state index is 0.00187. The third-order valence-corrected chi connectivity index (χ3v) is 7.37. The highest BCUT2D eigenvalue weighted by molar-refractivity contribution is 7.91. The molecule has 0 radical (unpaired) electrons. The van der Waals surface area contributed by atoms with E-state index in [4.69, 9.17) is 0 Å². The lowest BCUT2D eigenvalue weighted by Crippen LogP contribution is -2.25. The van der Waals surface area contributed by atoms with Gasteiger partial charge in [0.15, 0.2) is 0 Å². The van der Waals surface area contributed by atoms with Crippen LogP contribution in [-0.4, -0.2) is 39.0 Å². The number of fused-ring (bicyclic) bond motifs is 3. The summed E-state index contributed by atoms with van der Waals surface area (Å²) >= 11 is 0. The van der Waals surface area contributed by atoms with E-state index < -0.39 is 15.7 Å². The van der Waals surface area contributed by atoms with Gasteiger partial charge in [0.05, 0.1) is 9.79 Å². The van der Waals surface area contributed by atoms with Crippen LogP contribution in [0.25, 0.3) is 0 Å². The highest BCUT2D eigenvalue weighted by atomic mass is 32.2. The fourth-order valence-electron chi connectivity index (χ4n) is 4.13. The van der Waals surface area contributed by atoms with Crippen molar-refractivity contribution in [2.75, 3.05) is 25.0 Å². The minimum Gasteiger partial charge on any atom is -0.381 e. The van der Waals surface area contributed by atoms with Gasteiger partial charge in [0, 0.05) is 24.2 Å². The van der Waals surface area contributed by atoms with Gasteiger partial charge in [0.25, 0.3) is 0 Å². The summed E-state index contributed by atoms with van der Waals surface area (Å²) < 4.78 is 39.3. The average Bonchev–Trinajstić information content (AvgIpc) is 2.85. The van der Waals surface area contributed by atoms with Crippen molar-refractivity contribution in [1.29, 1.82) is 0 Å². The van der Waals surface area contributed by atoms with Gasteiger partial charge in [0.1, 0.15) is 5.82 Å². The van der Waals surface area contributed by atoms with Crippen molar-refractivity contribution in [3.63, 3.8) is 0 Å². The molecule has 1 saturated heterocycles. The van der Waals surface area contributed by atoms with Gasteiger partial charge in [-0.3, -0.25) is 0 Å². The van der Waals surface area contributed by atoms with Crippen molar-refractivity contribution in [2.45, 2.75) is 41.5 Å². The molecule has 0 bridgehead atoms. The first-order valence-electron chi connectivity index (χ1n) is 9.12. The number of hydrogen-bond acceptors (Lipinski definition) is 4. The molecule has 0 saturated carbocycles. The number of sulfone groups is 1. The van der Waals surface area contributed by atoms with Crippen molar-refractivity contribution < 1.29 is 12.8 Å². The van der Waals surface area contributed by atoms with Gasteiger partial charge in [-0.25, -0.2) is 12.8 Å².